The molecule has 6 nitrogen and oxygen atoms in total. The first-order chi connectivity index (χ1) is 11.7. The molecule has 0 bridgehead atoms. The Balaban J connectivity index is 2.05. The Kier molecular flexibility index (Phi) is 4.46. The lowest BCUT2D eigenvalue weighted by molar-refractivity contribution is 0.103. The summed E-state index contributed by atoms with van der Waals surface area (Å²) in [5.41, 5.74) is -0.239. The fourth-order valence-corrected chi connectivity index (χ4v) is 2.87. The molecular formula is C16H16F2N2O4S. The van der Waals surface area contributed by atoms with Crippen LogP contribution in [0.2, 0.25) is 0 Å². The van der Waals surface area contributed by atoms with Crippen LogP contribution < -0.4 is 0 Å². The first kappa shape index (κ1) is 17.7. The molecule has 2 aromatic rings. The van der Waals surface area contributed by atoms with Crippen molar-refractivity contribution in [2.24, 2.45) is 0 Å². The summed E-state index contributed by atoms with van der Waals surface area (Å²) in [7, 11) is -2.41. The van der Waals surface area contributed by atoms with E-state index in [4.69, 9.17) is 4.52 Å². The van der Waals surface area contributed by atoms with Crippen LogP contribution in [0.5, 0.6) is 0 Å². The Hall–Kier alpha value is -2.13. The predicted molar refractivity (Wildman–Crippen MR) is 84.6 cm³/mol. The van der Waals surface area contributed by atoms with Gasteiger partial charge in [0.2, 0.25) is 10.0 Å². The lowest BCUT2D eigenvalue weighted by atomic mass is 9.97. The molecule has 0 aliphatic heterocycles. The number of hydrogen-bond acceptors (Lipinski definition) is 5. The van der Waals surface area contributed by atoms with Gasteiger partial charge in [-0.2, -0.15) is 0 Å². The second kappa shape index (κ2) is 6.30. The van der Waals surface area contributed by atoms with Crippen molar-refractivity contribution in [2.75, 3.05) is 13.3 Å². The zero-order valence-corrected chi connectivity index (χ0v) is 14.4. The second-order valence-corrected chi connectivity index (χ2v) is 8.20. The number of benzene rings is 1. The Morgan fingerprint density at radius 1 is 1.32 bits per heavy atom. The fraction of sp³-hybridized carbons (Fsp3) is 0.375. The third-order valence-corrected chi connectivity index (χ3v) is 5.44. The highest BCUT2D eigenvalue weighted by molar-refractivity contribution is 7.88. The molecule has 1 saturated carbocycles. The number of rotatable bonds is 6. The molecule has 0 N–H and O–H groups in total. The van der Waals surface area contributed by atoms with E-state index >= 15 is 0 Å². The lowest BCUT2D eigenvalue weighted by Crippen LogP contribution is -2.27. The van der Waals surface area contributed by atoms with Gasteiger partial charge in [-0.3, -0.25) is 4.79 Å². The van der Waals surface area contributed by atoms with Crippen LogP contribution in [0.1, 0.15) is 46.0 Å². The van der Waals surface area contributed by atoms with Crippen molar-refractivity contribution in [3.63, 3.8) is 0 Å². The molecule has 3 rings (SSSR count). The van der Waals surface area contributed by atoms with Gasteiger partial charge in [-0.05, 0) is 25.0 Å². The average Bonchev–Trinajstić information content (AvgIpc) is 3.27. The van der Waals surface area contributed by atoms with E-state index in [0.717, 1.165) is 35.5 Å². The number of aromatic nitrogens is 1. The largest absolute Gasteiger partial charge is 0.360 e. The van der Waals surface area contributed by atoms with Gasteiger partial charge in [-0.25, -0.2) is 21.5 Å². The molecule has 0 amide bonds. The molecule has 1 aliphatic carbocycles. The van der Waals surface area contributed by atoms with Gasteiger partial charge in [0.1, 0.15) is 0 Å². The minimum absolute atomic E-state index is 0.105. The first-order valence-corrected chi connectivity index (χ1v) is 9.42. The highest BCUT2D eigenvalue weighted by Gasteiger charge is 2.34. The van der Waals surface area contributed by atoms with Crippen molar-refractivity contribution in [1.29, 1.82) is 0 Å². The van der Waals surface area contributed by atoms with Crippen molar-refractivity contribution in [1.82, 2.24) is 9.46 Å². The highest BCUT2D eigenvalue weighted by atomic mass is 32.2. The van der Waals surface area contributed by atoms with Gasteiger partial charge >= 0.3 is 0 Å². The normalized spacial score (nSPS) is 14.9. The molecule has 25 heavy (non-hydrogen) atoms. The Labute approximate surface area is 143 Å². The Morgan fingerprint density at radius 2 is 2.00 bits per heavy atom. The smallest absolute Gasteiger partial charge is 0.211 e. The molecule has 0 spiro atoms. The van der Waals surface area contributed by atoms with Crippen LogP contribution in [0.15, 0.2) is 22.9 Å². The molecule has 1 heterocycles. The zero-order valence-electron chi connectivity index (χ0n) is 13.6. The number of sulfonamides is 1. The molecule has 0 radical (unpaired) electrons. The number of carbonyl (C=O) groups is 1. The Bertz CT molecular complexity index is 936. The van der Waals surface area contributed by atoms with Gasteiger partial charge in [-0.1, -0.05) is 5.16 Å². The lowest BCUT2D eigenvalue weighted by Gasteiger charge is -2.17. The van der Waals surface area contributed by atoms with Crippen molar-refractivity contribution in [3.8, 4) is 0 Å². The second-order valence-electron chi connectivity index (χ2n) is 6.11. The number of carbonyl (C=O) groups excluding carboxylic acids is 1. The number of halogens is 2. The van der Waals surface area contributed by atoms with E-state index in [9.17, 15) is 22.0 Å². The molecule has 134 valence electrons. The molecular weight excluding hydrogens is 354 g/mol. The van der Waals surface area contributed by atoms with Crippen molar-refractivity contribution < 1.29 is 26.5 Å². The van der Waals surface area contributed by atoms with Crippen molar-refractivity contribution in [3.05, 3.63) is 52.4 Å². The van der Waals surface area contributed by atoms with Crippen LogP contribution in [0.25, 0.3) is 0 Å². The van der Waals surface area contributed by atoms with E-state index in [0.29, 0.717) is 5.76 Å². The third kappa shape index (κ3) is 3.47. The number of nitrogens with zero attached hydrogens (tertiary/aromatic N) is 2. The predicted octanol–water partition coefficient (Wildman–Crippen LogP) is 2.45. The first-order valence-electron chi connectivity index (χ1n) is 7.57. The molecule has 1 aromatic heterocycles. The summed E-state index contributed by atoms with van der Waals surface area (Å²) >= 11 is 0. The minimum atomic E-state index is -3.64. The monoisotopic (exact) mass is 370 g/mol. The summed E-state index contributed by atoms with van der Waals surface area (Å²) in [5.74, 6) is -2.43. The SMILES string of the molecule is CN(Cc1c(C(=O)c2cnoc2C2CC2)ccc(F)c1F)S(C)(=O)=O. The van der Waals surface area contributed by atoms with Crippen molar-refractivity contribution >= 4 is 15.8 Å². The van der Waals surface area contributed by atoms with Gasteiger partial charge in [0.05, 0.1) is 18.0 Å². The topological polar surface area (TPSA) is 80.5 Å². The van der Waals surface area contributed by atoms with Crippen LogP contribution in [0.4, 0.5) is 8.78 Å². The molecule has 1 fully saturated rings. The van der Waals surface area contributed by atoms with Gasteiger partial charge in [-0.15, -0.1) is 0 Å². The summed E-state index contributed by atoms with van der Waals surface area (Å²) in [6, 6.07) is 1.99. The molecule has 1 aromatic carbocycles. The van der Waals surface area contributed by atoms with Crippen LogP contribution in [-0.4, -0.2) is 37.0 Å². The van der Waals surface area contributed by atoms with E-state index in [1.807, 2.05) is 0 Å². The third-order valence-electron chi connectivity index (χ3n) is 4.18. The summed E-state index contributed by atoms with van der Waals surface area (Å²) in [6.45, 7) is -0.465. The van der Waals surface area contributed by atoms with Gasteiger partial charge < -0.3 is 4.52 Å². The molecule has 0 saturated heterocycles. The zero-order chi connectivity index (χ0) is 18.4. The van der Waals surface area contributed by atoms with E-state index in [-0.39, 0.29) is 22.6 Å². The highest BCUT2D eigenvalue weighted by Crippen LogP contribution is 2.42. The average molecular weight is 370 g/mol. The van der Waals surface area contributed by atoms with Gasteiger partial charge in [0.25, 0.3) is 0 Å². The maximum Gasteiger partial charge on any atom is 0.211 e. The van der Waals surface area contributed by atoms with Crippen LogP contribution in [0, 0.1) is 11.6 Å². The fourth-order valence-electron chi connectivity index (χ4n) is 2.50. The summed E-state index contributed by atoms with van der Waals surface area (Å²) in [4.78, 5) is 12.8. The molecule has 0 atom stereocenters. The summed E-state index contributed by atoms with van der Waals surface area (Å²) in [5, 5.41) is 3.63. The molecule has 0 unspecified atom stereocenters. The molecule has 9 heteroatoms. The number of ketones is 1. The van der Waals surface area contributed by atoms with Gasteiger partial charge in [0, 0.05) is 30.6 Å². The number of hydrogen-bond donors (Lipinski definition) is 0. The quantitative estimate of drug-likeness (QED) is 0.730. The van der Waals surface area contributed by atoms with E-state index in [2.05, 4.69) is 5.16 Å². The molecule has 1 aliphatic rings. The maximum absolute atomic E-state index is 14.3. The Morgan fingerprint density at radius 3 is 2.60 bits per heavy atom. The van der Waals surface area contributed by atoms with E-state index in [1.54, 1.807) is 0 Å². The standard InChI is InChI=1S/C16H16F2N2O4S/c1-20(25(2,22)23)8-12-10(5-6-13(17)14(12)18)15(21)11-7-19-24-16(11)9-3-4-9/h5-7,9H,3-4,8H2,1-2H3. The van der Waals surface area contributed by atoms with Crippen LogP contribution in [-0.2, 0) is 16.6 Å². The maximum atomic E-state index is 14.3. The van der Waals surface area contributed by atoms with E-state index < -0.39 is 34.0 Å². The minimum Gasteiger partial charge on any atom is -0.360 e. The summed E-state index contributed by atoms with van der Waals surface area (Å²) in [6.07, 6.45) is 3.94. The van der Waals surface area contributed by atoms with Crippen LogP contribution >= 0.6 is 0 Å². The van der Waals surface area contributed by atoms with E-state index in [1.165, 1.54) is 13.2 Å². The summed E-state index contributed by atoms with van der Waals surface area (Å²) < 4.78 is 57.1. The van der Waals surface area contributed by atoms with Gasteiger partial charge in [0.15, 0.2) is 23.2 Å². The van der Waals surface area contributed by atoms with Crippen LogP contribution in [0.3, 0.4) is 0 Å². The van der Waals surface area contributed by atoms with Crippen molar-refractivity contribution in [2.45, 2.75) is 25.3 Å².